The van der Waals surface area contributed by atoms with Crippen molar-refractivity contribution in [2.24, 2.45) is 5.92 Å². The highest BCUT2D eigenvalue weighted by molar-refractivity contribution is 14.1. The van der Waals surface area contributed by atoms with Gasteiger partial charge in [-0.3, -0.25) is 4.98 Å². The Kier molecular flexibility index (Phi) is 4.91. The zero-order valence-electron chi connectivity index (χ0n) is 12.2. The Labute approximate surface area is 133 Å². The van der Waals surface area contributed by atoms with E-state index in [0.717, 1.165) is 38.6 Å². The van der Waals surface area contributed by atoms with Gasteiger partial charge >= 0.3 is 0 Å². The molecule has 20 heavy (non-hydrogen) atoms. The average molecular weight is 382 g/mol. The third-order valence-electron chi connectivity index (χ3n) is 2.93. The van der Waals surface area contributed by atoms with Crippen LogP contribution in [0.1, 0.15) is 25.2 Å². The number of aryl methyl sites for hydroxylation is 1. The highest BCUT2D eigenvalue weighted by Gasteiger charge is 2.13. The van der Waals surface area contributed by atoms with E-state index in [0.29, 0.717) is 5.92 Å². The Morgan fingerprint density at radius 2 is 2.00 bits per heavy atom. The summed E-state index contributed by atoms with van der Waals surface area (Å²) >= 11 is 2.31. The fourth-order valence-electron chi connectivity index (χ4n) is 1.91. The van der Waals surface area contributed by atoms with E-state index in [2.05, 4.69) is 51.7 Å². The Balaban J connectivity index is 2.50. The second-order valence-corrected chi connectivity index (χ2v) is 6.27. The van der Waals surface area contributed by atoms with Crippen molar-refractivity contribution < 1.29 is 0 Å². The molecule has 106 valence electrons. The second kappa shape index (κ2) is 6.47. The van der Waals surface area contributed by atoms with Gasteiger partial charge in [-0.2, -0.15) is 0 Å². The van der Waals surface area contributed by atoms with E-state index in [4.69, 9.17) is 4.98 Å². The van der Waals surface area contributed by atoms with Crippen molar-refractivity contribution in [1.82, 2.24) is 15.0 Å². The van der Waals surface area contributed by atoms with Crippen molar-refractivity contribution in [3.05, 3.63) is 33.3 Å². The summed E-state index contributed by atoms with van der Waals surface area (Å²) in [6.07, 6.45) is 2.78. The zero-order chi connectivity index (χ0) is 14.7. The molecule has 2 aromatic rings. The third kappa shape index (κ3) is 3.45. The van der Waals surface area contributed by atoms with E-state index in [1.54, 1.807) is 0 Å². The summed E-state index contributed by atoms with van der Waals surface area (Å²) in [4.78, 5) is 13.6. The summed E-state index contributed by atoms with van der Waals surface area (Å²) in [5.41, 5.74) is 3.04. The predicted molar refractivity (Wildman–Crippen MR) is 90.8 cm³/mol. The lowest BCUT2D eigenvalue weighted by Gasteiger charge is -2.12. The Bertz CT molecular complexity index is 594. The highest BCUT2D eigenvalue weighted by atomic mass is 127. The molecular weight excluding hydrogens is 363 g/mol. The van der Waals surface area contributed by atoms with Crippen molar-refractivity contribution in [1.29, 1.82) is 0 Å². The Morgan fingerprint density at radius 1 is 1.25 bits per heavy atom. The molecule has 0 saturated carbocycles. The van der Waals surface area contributed by atoms with Gasteiger partial charge in [0, 0.05) is 24.5 Å². The van der Waals surface area contributed by atoms with Crippen molar-refractivity contribution in [3.8, 4) is 11.4 Å². The minimum absolute atomic E-state index is 0.562. The molecular formula is C15H19IN4. The number of anilines is 1. The molecule has 0 aliphatic carbocycles. The molecule has 5 heteroatoms. The molecule has 0 fully saturated rings. The van der Waals surface area contributed by atoms with Gasteiger partial charge in [-0.25, -0.2) is 9.97 Å². The van der Waals surface area contributed by atoms with Crippen LogP contribution in [0.4, 0.5) is 5.82 Å². The molecule has 0 saturated heterocycles. The van der Waals surface area contributed by atoms with Gasteiger partial charge in [0.25, 0.3) is 0 Å². The summed E-state index contributed by atoms with van der Waals surface area (Å²) < 4.78 is 1.10. The molecule has 0 atom stereocenters. The molecule has 2 heterocycles. The van der Waals surface area contributed by atoms with Crippen LogP contribution in [-0.2, 0) is 6.42 Å². The molecule has 0 bridgehead atoms. The smallest absolute Gasteiger partial charge is 0.163 e. The molecule has 0 aromatic carbocycles. The minimum atomic E-state index is 0.562. The monoisotopic (exact) mass is 382 g/mol. The van der Waals surface area contributed by atoms with Crippen LogP contribution in [0.3, 0.4) is 0 Å². The van der Waals surface area contributed by atoms with Crippen molar-refractivity contribution in [2.75, 3.05) is 12.4 Å². The lowest BCUT2D eigenvalue weighted by Crippen LogP contribution is -2.08. The molecule has 0 radical (unpaired) electrons. The maximum Gasteiger partial charge on any atom is 0.163 e. The number of halogens is 1. The largest absolute Gasteiger partial charge is 0.372 e. The van der Waals surface area contributed by atoms with Crippen LogP contribution in [0.15, 0.2) is 18.3 Å². The average Bonchev–Trinajstić information content (AvgIpc) is 2.41. The molecule has 2 rings (SSSR count). The fraction of sp³-hybridized carbons (Fsp3) is 0.400. The van der Waals surface area contributed by atoms with Crippen LogP contribution in [0.25, 0.3) is 11.4 Å². The standard InChI is InChI=1S/C15H19IN4/c1-9(2)7-12-13(16)15(17-4)20-14(19-12)11-6-5-10(3)18-8-11/h5-6,8-9H,7H2,1-4H3,(H,17,19,20). The second-order valence-electron chi connectivity index (χ2n) is 5.19. The van der Waals surface area contributed by atoms with Gasteiger partial charge in [0.15, 0.2) is 5.82 Å². The van der Waals surface area contributed by atoms with Crippen molar-refractivity contribution >= 4 is 28.4 Å². The van der Waals surface area contributed by atoms with Crippen LogP contribution in [0.5, 0.6) is 0 Å². The number of aromatic nitrogens is 3. The number of nitrogens with one attached hydrogen (secondary N) is 1. The molecule has 0 aliphatic heterocycles. The SMILES string of the molecule is CNc1nc(-c2ccc(C)nc2)nc(CC(C)C)c1I. The predicted octanol–water partition coefficient (Wildman–Crippen LogP) is 3.69. The van der Waals surface area contributed by atoms with Crippen LogP contribution < -0.4 is 5.32 Å². The molecule has 1 N–H and O–H groups in total. The lowest BCUT2D eigenvalue weighted by atomic mass is 10.1. The Hall–Kier alpha value is -1.24. The lowest BCUT2D eigenvalue weighted by molar-refractivity contribution is 0.632. The molecule has 0 aliphatic rings. The normalized spacial score (nSPS) is 10.9. The highest BCUT2D eigenvalue weighted by Crippen LogP contribution is 2.25. The van der Waals surface area contributed by atoms with Crippen molar-refractivity contribution in [3.63, 3.8) is 0 Å². The number of hydrogen-bond donors (Lipinski definition) is 1. The van der Waals surface area contributed by atoms with Gasteiger partial charge in [0.2, 0.25) is 0 Å². The van der Waals surface area contributed by atoms with Gasteiger partial charge in [0.05, 0.1) is 9.26 Å². The van der Waals surface area contributed by atoms with Crippen molar-refractivity contribution in [2.45, 2.75) is 27.2 Å². The van der Waals surface area contributed by atoms with E-state index in [1.807, 2.05) is 32.3 Å². The van der Waals surface area contributed by atoms with E-state index >= 15 is 0 Å². The summed E-state index contributed by atoms with van der Waals surface area (Å²) in [5.74, 6) is 2.18. The zero-order valence-corrected chi connectivity index (χ0v) is 14.4. The van der Waals surface area contributed by atoms with E-state index in [1.165, 1.54) is 0 Å². The molecule has 2 aromatic heterocycles. The molecule has 0 amide bonds. The number of pyridine rings is 1. The molecule has 0 unspecified atom stereocenters. The van der Waals surface area contributed by atoms with Crippen LogP contribution in [0, 0.1) is 16.4 Å². The minimum Gasteiger partial charge on any atom is -0.372 e. The first kappa shape index (κ1) is 15.2. The van der Waals surface area contributed by atoms with Gasteiger partial charge < -0.3 is 5.32 Å². The summed E-state index contributed by atoms with van der Waals surface area (Å²) in [5, 5.41) is 3.15. The molecule has 4 nitrogen and oxygen atoms in total. The van der Waals surface area contributed by atoms with Gasteiger partial charge in [0.1, 0.15) is 5.82 Å². The van der Waals surface area contributed by atoms with Crippen LogP contribution in [-0.4, -0.2) is 22.0 Å². The maximum atomic E-state index is 4.72. The van der Waals surface area contributed by atoms with Gasteiger partial charge in [-0.1, -0.05) is 13.8 Å². The molecule has 0 spiro atoms. The first-order valence-electron chi connectivity index (χ1n) is 6.68. The fourth-order valence-corrected chi connectivity index (χ4v) is 2.64. The van der Waals surface area contributed by atoms with Crippen LogP contribution in [0.2, 0.25) is 0 Å². The van der Waals surface area contributed by atoms with Crippen LogP contribution >= 0.6 is 22.6 Å². The summed E-state index contributed by atoms with van der Waals surface area (Å²) in [6, 6.07) is 4.00. The summed E-state index contributed by atoms with van der Waals surface area (Å²) in [6.45, 7) is 6.37. The first-order valence-corrected chi connectivity index (χ1v) is 7.76. The van der Waals surface area contributed by atoms with E-state index < -0.39 is 0 Å². The topological polar surface area (TPSA) is 50.7 Å². The van der Waals surface area contributed by atoms with Gasteiger partial charge in [-0.05, 0) is 54.0 Å². The number of nitrogens with zero attached hydrogens (tertiary/aromatic N) is 3. The first-order chi connectivity index (χ1) is 9.51. The Morgan fingerprint density at radius 3 is 2.55 bits per heavy atom. The number of hydrogen-bond acceptors (Lipinski definition) is 4. The summed E-state index contributed by atoms with van der Waals surface area (Å²) in [7, 11) is 1.89. The quantitative estimate of drug-likeness (QED) is 0.820. The van der Waals surface area contributed by atoms with E-state index in [9.17, 15) is 0 Å². The van der Waals surface area contributed by atoms with Gasteiger partial charge in [-0.15, -0.1) is 0 Å². The number of rotatable bonds is 4. The maximum absolute atomic E-state index is 4.72. The van der Waals surface area contributed by atoms with E-state index in [-0.39, 0.29) is 0 Å². The third-order valence-corrected chi connectivity index (χ3v) is 4.06.